The SMILES string of the molecule is COc1ccc(NC(C)=O)cc1N1C(=O)C(O)=C(C(=O)C2CC2)C1c1ccc(C)cc1C. The molecule has 7 nitrogen and oxygen atoms in total. The molecule has 4 rings (SSSR count). The number of aliphatic hydroxyl groups excluding tert-OH is 1. The van der Waals surface area contributed by atoms with Gasteiger partial charge in [0, 0.05) is 18.5 Å². The van der Waals surface area contributed by atoms with Crippen molar-refractivity contribution in [3.05, 3.63) is 64.4 Å². The number of benzene rings is 2. The lowest BCUT2D eigenvalue weighted by molar-refractivity contribution is -0.118. The third-order valence-electron chi connectivity index (χ3n) is 5.90. The van der Waals surface area contributed by atoms with Crippen LogP contribution in [0.1, 0.15) is 42.5 Å². The predicted octanol–water partition coefficient (Wildman–Crippen LogP) is 4.15. The summed E-state index contributed by atoms with van der Waals surface area (Å²) in [7, 11) is 1.48. The summed E-state index contributed by atoms with van der Waals surface area (Å²) in [5.74, 6) is -1.43. The zero-order valence-electron chi connectivity index (χ0n) is 18.6. The molecule has 0 bridgehead atoms. The molecule has 1 unspecified atom stereocenters. The molecule has 2 N–H and O–H groups in total. The number of aliphatic hydroxyl groups is 1. The number of carbonyl (C=O) groups excluding carboxylic acids is 3. The van der Waals surface area contributed by atoms with Crippen molar-refractivity contribution in [2.45, 2.75) is 39.7 Å². The van der Waals surface area contributed by atoms with E-state index >= 15 is 0 Å². The molecule has 1 saturated carbocycles. The van der Waals surface area contributed by atoms with Gasteiger partial charge in [-0.25, -0.2) is 0 Å². The highest BCUT2D eigenvalue weighted by molar-refractivity contribution is 6.18. The molecule has 0 spiro atoms. The van der Waals surface area contributed by atoms with Crippen LogP contribution in [0.4, 0.5) is 11.4 Å². The molecule has 0 saturated heterocycles. The Morgan fingerprint density at radius 1 is 1.12 bits per heavy atom. The predicted molar refractivity (Wildman–Crippen MR) is 121 cm³/mol. The Morgan fingerprint density at radius 2 is 1.84 bits per heavy atom. The fourth-order valence-electron chi connectivity index (χ4n) is 4.26. The van der Waals surface area contributed by atoms with E-state index in [-0.39, 0.29) is 23.2 Å². The maximum atomic E-state index is 13.4. The lowest BCUT2D eigenvalue weighted by atomic mass is 9.90. The van der Waals surface area contributed by atoms with Gasteiger partial charge in [-0.2, -0.15) is 0 Å². The van der Waals surface area contributed by atoms with Gasteiger partial charge in [0.1, 0.15) is 5.75 Å². The molecule has 1 aliphatic heterocycles. The van der Waals surface area contributed by atoms with Crippen LogP contribution in [0.15, 0.2) is 47.7 Å². The van der Waals surface area contributed by atoms with E-state index in [1.165, 1.54) is 18.9 Å². The Bertz CT molecular complexity index is 1160. The monoisotopic (exact) mass is 434 g/mol. The number of nitrogens with one attached hydrogen (secondary N) is 1. The van der Waals surface area contributed by atoms with Crippen LogP contribution in [0.5, 0.6) is 5.75 Å². The first-order chi connectivity index (χ1) is 15.2. The quantitative estimate of drug-likeness (QED) is 0.712. The number of methoxy groups -OCH3 is 1. The molecule has 2 aliphatic rings. The maximum Gasteiger partial charge on any atom is 0.294 e. The largest absolute Gasteiger partial charge is 0.503 e. The standard InChI is InChI=1S/C25H26N2O5/c1-13-5-9-18(14(2)11-13)22-21(23(29)16-6-7-16)24(30)25(31)27(22)19-12-17(26-15(3)28)8-10-20(19)32-4/h5,8-12,16,22,30H,6-7H2,1-4H3,(H,26,28). The number of ketones is 1. The van der Waals surface area contributed by atoms with Crippen molar-refractivity contribution >= 4 is 29.0 Å². The van der Waals surface area contributed by atoms with Gasteiger partial charge in [-0.05, 0) is 56.0 Å². The molecule has 166 valence electrons. The average molecular weight is 434 g/mol. The molecule has 0 radical (unpaired) electrons. The summed E-state index contributed by atoms with van der Waals surface area (Å²) in [6.07, 6.45) is 1.51. The van der Waals surface area contributed by atoms with Gasteiger partial charge in [-0.1, -0.05) is 23.8 Å². The van der Waals surface area contributed by atoms with Crippen LogP contribution in [-0.2, 0) is 14.4 Å². The van der Waals surface area contributed by atoms with Crippen molar-refractivity contribution in [3.8, 4) is 5.75 Å². The number of anilines is 2. The van der Waals surface area contributed by atoms with Crippen LogP contribution in [0.3, 0.4) is 0 Å². The summed E-state index contributed by atoms with van der Waals surface area (Å²) in [4.78, 5) is 39.5. The van der Waals surface area contributed by atoms with Crippen molar-refractivity contribution in [1.29, 1.82) is 0 Å². The number of rotatable bonds is 6. The van der Waals surface area contributed by atoms with Gasteiger partial charge in [-0.3, -0.25) is 19.3 Å². The topological polar surface area (TPSA) is 95.9 Å². The Morgan fingerprint density at radius 3 is 2.44 bits per heavy atom. The molecule has 1 atom stereocenters. The Balaban J connectivity index is 1.91. The minimum atomic E-state index is -0.794. The minimum absolute atomic E-state index is 0.122. The summed E-state index contributed by atoms with van der Waals surface area (Å²) in [6, 6.07) is 9.93. The number of nitrogens with zero attached hydrogens (tertiary/aromatic N) is 1. The van der Waals surface area contributed by atoms with E-state index in [9.17, 15) is 19.5 Å². The van der Waals surface area contributed by atoms with E-state index in [4.69, 9.17) is 4.74 Å². The number of ether oxygens (including phenoxy) is 1. The van der Waals surface area contributed by atoms with E-state index in [0.717, 1.165) is 29.5 Å². The van der Waals surface area contributed by atoms with Crippen LogP contribution in [0, 0.1) is 19.8 Å². The van der Waals surface area contributed by atoms with Gasteiger partial charge >= 0.3 is 0 Å². The molecule has 0 aromatic heterocycles. The van der Waals surface area contributed by atoms with E-state index in [1.807, 2.05) is 32.0 Å². The highest BCUT2D eigenvalue weighted by Gasteiger charge is 2.48. The molecular formula is C25H26N2O5. The lowest BCUT2D eigenvalue weighted by Gasteiger charge is -2.29. The molecule has 2 aromatic carbocycles. The van der Waals surface area contributed by atoms with Gasteiger partial charge in [0.15, 0.2) is 11.5 Å². The molecule has 1 heterocycles. The molecule has 1 fully saturated rings. The fraction of sp³-hybridized carbons (Fsp3) is 0.320. The van der Waals surface area contributed by atoms with Crippen LogP contribution < -0.4 is 15.0 Å². The number of carbonyl (C=O) groups is 3. The maximum absolute atomic E-state index is 13.4. The Hall–Kier alpha value is -3.61. The van der Waals surface area contributed by atoms with Gasteiger partial charge in [-0.15, -0.1) is 0 Å². The highest BCUT2D eigenvalue weighted by atomic mass is 16.5. The first kappa shape index (κ1) is 21.6. The molecular weight excluding hydrogens is 408 g/mol. The van der Waals surface area contributed by atoms with Crippen LogP contribution in [0.2, 0.25) is 0 Å². The van der Waals surface area contributed by atoms with E-state index < -0.39 is 17.7 Å². The molecule has 32 heavy (non-hydrogen) atoms. The third kappa shape index (κ3) is 3.75. The molecule has 1 aliphatic carbocycles. The van der Waals surface area contributed by atoms with Crippen molar-refractivity contribution < 1.29 is 24.2 Å². The summed E-state index contributed by atoms with van der Waals surface area (Å²) in [6.45, 7) is 5.28. The summed E-state index contributed by atoms with van der Waals surface area (Å²) in [5.41, 5.74) is 3.66. The van der Waals surface area contributed by atoms with Crippen LogP contribution >= 0.6 is 0 Å². The lowest BCUT2D eigenvalue weighted by Crippen LogP contribution is -2.32. The smallest absolute Gasteiger partial charge is 0.294 e. The van der Waals surface area contributed by atoms with Gasteiger partial charge < -0.3 is 15.2 Å². The Kier molecular flexibility index (Phi) is 5.50. The number of aryl methyl sites for hydroxylation is 2. The van der Waals surface area contributed by atoms with Gasteiger partial charge in [0.25, 0.3) is 5.91 Å². The summed E-state index contributed by atoms with van der Waals surface area (Å²) >= 11 is 0. The second kappa shape index (κ2) is 8.15. The third-order valence-corrected chi connectivity index (χ3v) is 5.90. The molecule has 7 heteroatoms. The fourth-order valence-corrected chi connectivity index (χ4v) is 4.26. The average Bonchev–Trinajstić information content (AvgIpc) is 3.55. The second-order valence-corrected chi connectivity index (χ2v) is 8.41. The van der Waals surface area contributed by atoms with Crippen molar-refractivity contribution in [2.24, 2.45) is 5.92 Å². The first-order valence-electron chi connectivity index (χ1n) is 10.6. The van der Waals surface area contributed by atoms with Gasteiger partial charge in [0.05, 0.1) is 24.4 Å². The number of Topliss-reactive ketones (excluding diaryl/α,β-unsaturated/α-hetero) is 1. The highest BCUT2D eigenvalue weighted by Crippen LogP contribution is 2.48. The van der Waals surface area contributed by atoms with E-state index in [0.29, 0.717) is 17.1 Å². The number of amides is 2. The van der Waals surface area contributed by atoms with E-state index in [2.05, 4.69) is 5.32 Å². The summed E-state index contributed by atoms with van der Waals surface area (Å²) < 4.78 is 5.50. The van der Waals surface area contributed by atoms with Crippen LogP contribution in [-0.4, -0.2) is 29.8 Å². The molecule has 2 amide bonds. The van der Waals surface area contributed by atoms with Gasteiger partial charge in [0.2, 0.25) is 5.91 Å². The zero-order chi connectivity index (χ0) is 23.2. The van der Waals surface area contributed by atoms with Crippen LogP contribution in [0.25, 0.3) is 0 Å². The molecule has 2 aromatic rings. The number of hydrogen-bond donors (Lipinski definition) is 2. The zero-order valence-corrected chi connectivity index (χ0v) is 18.6. The van der Waals surface area contributed by atoms with Crippen molar-refractivity contribution in [3.63, 3.8) is 0 Å². The number of hydrogen-bond acceptors (Lipinski definition) is 5. The van der Waals surface area contributed by atoms with E-state index in [1.54, 1.807) is 18.2 Å². The van der Waals surface area contributed by atoms with Crippen molar-refractivity contribution in [2.75, 3.05) is 17.3 Å². The summed E-state index contributed by atoms with van der Waals surface area (Å²) in [5, 5.41) is 13.6. The second-order valence-electron chi connectivity index (χ2n) is 8.41. The Labute approximate surface area is 186 Å². The normalized spacial score (nSPS) is 18.2. The van der Waals surface area contributed by atoms with Crippen molar-refractivity contribution in [1.82, 2.24) is 0 Å². The first-order valence-corrected chi connectivity index (χ1v) is 10.6. The minimum Gasteiger partial charge on any atom is -0.503 e.